The summed E-state index contributed by atoms with van der Waals surface area (Å²) in [6, 6.07) is 8.67. The van der Waals surface area contributed by atoms with Crippen molar-refractivity contribution in [3.05, 3.63) is 41.6 Å². The number of thioether (sulfide) groups is 1. The molecule has 0 spiro atoms. The number of nitrogens with one attached hydrogen (secondary N) is 1. The highest BCUT2D eigenvalue weighted by atomic mass is 35.5. The van der Waals surface area contributed by atoms with Gasteiger partial charge in [-0.3, -0.25) is 4.79 Å². The van der Waals surface area contributed by atoms with Gasteiger partial charge in [-0.2, -0.15) is 0 Å². The van der Waals surface area contributed by atoms with Crippen LogP contribution in [0.5, 0.6) is 5.75 Å². The topological polar surface area (TPSA) is 82.2 Å². The number of ether oxygens (including phenoxy) is 1. The Bertz CT molecular complexity index is 911. The van der Waals surface area contributed by atoms with Gasteiger partial charge in [-0.1, -0.05) is 23.4 Å². The first kappa shape index (κ1) is 18.3. The van der Waals surface area contributed by atoms with Gasteiger partial charge in [0.05, 0.1) is 23.6 Å². The molecule has 3 aromatic rings. The van der Waals surface area contributed by atoms with Crippen LogP contribution in [-0.4, -0.2) is 33.0 Å². The first-order valence-corrected chi connectivity index (χ1v) is 8.99. The highest BCUT2D eigenvalue weighted by molar-refractivity contribution is 8.00. The molecule has 1 amide bonds. The van der Waals surface area contributed by atoms with Crippen molar-refractivity contribution in [3.8, 4) is 17.3 Å². The molecule has 0 aliphatic rings. The first-order valence-electron chi connectivity index (χ1n) is 7.74. The van der Waals surface area contributed by atoms with E-state index in [4.69, 9.17) is 20.8 Å². The number of amides is 1. The lowest BCUT2D eigenvalue weighted by Crippen LogP contribution is -2.22. The maximum absolute atomic E-state index is 12.4. The normalized spacial score (nSPS) is 12.0. The van der Waals surface area contributed by atoms with Gasteiger partial charge >= 0.3 is 0 Å². The largest absolute Gasteiger partial charge is 0.495 e. The predicted octanol–water partition coefficient (Wildman–Crippen LogP) is 3.86. The minimum absolute atomic E-state index is 0.168. The quantitative estimate of drug-likeness (QED) is 0.641. The second kappa shape index (κ2) is 7.84. The minimum atomic E-state index is -0.386. The molecule has 0 aliphatic carbocycles. The Hall–Kier alpha value is -2.45. The number of hydrogen-bond acceptors (Lipinski definition) is 6. The summed E-state index contributed by atoms with van der Waals surface area (Å²) in [4.78, 5) is 12.4. The van der Waals surface area contributed by atoms with E-state index in [0.717, 1.165) is 0 Å². The molecule has 0 saturated carbocycles. The third-order valence-corrected chi connectivity index (χ3v) is 5.08. The number of rotatable bonds is 6. The maximum atomic E-state index is 12.4. The van der Waals surface area contributed by atoms with Crippen LogP contribution in [-0.2, 0) is 11.8 Å². The average Bonchev–Trinajstić information content (AvgIpc) is 3.25. The van der Waals surface area contributed by atoms with Crippen molar-refractivity contribution in [1.82, 2.24) is 14.8 Å². The Morgan fingerprint density at radius 3 is 2.85 bits per heavy atom. The third-order valence-electron chi connectivity index (χ3n) is 3.65. The van der Waals surface area contributed by atoms with E-state index in [0.29, 0.717) is 33.2 Å². The van der Waals surface area contributed by atoms with Gasteiger partial charge in [-0.05, 0) is 37.3 Å². The molecule has 0 fully saturated rings. The fraction of sp³-hybridized carbons (Fsp3) is 0.235. The third kappa shape index (κ3) is 3.86. The number of aromatic nitrogens is 3. The zero-order valence-corrected chi connectivity index (χ0v) is 16.0. The van der Waals surface area contributed by atoms with E-state index in [1.807, 2.05) is 13.1 Å². The second-order valence-electron chi connectivity index (χ2n) is 5.44. The Labute approximate surface area is 159 Å². The van der Waals surface area contributed by atoms with E-state index in [1.165, 1.54) is 18.9 Å². The molecular formula is C17H17ClN4O3S. The van der Waals surface area contributed by atoms with Crippen molar-refractivity contribution < 1.29 is 13.9 Å². The molecule has 1 N–H and O–H groups in total. The van der Waals surface area contributed by atoms with Gasteiger partial charge in [-0.15, -0.1) is 10.2 Å². The van der Waals surface area contributed by atoms with Crippen LogP contribution in [0.1, 0.15) is 6.92 Å². The van der Waals surface area contributed by atoms with Crippen molar-refractivity contribution in [2.45, 2.75) is 17.3 Å². The Morgan fingerprint density at radius 1 is 1.38 bits per heavy atom. The molecule has 1 atom stereocenters. The molecule has 136 valence electrons. The summed E-state index contributed by atoms with van der Waals surface area (Å²) in [7, 11) is 3.37. The molecule has 1 aromatic carbocycles. The van der Waals surface area contributed by atoms with Crippen LogP contribution in [0.25, 0.3) is 11.6 Å². The number of benzene rings is 1. The molecule has 3 rings (SSSR count). The number of carbonyl (C=O) groups is 1. The van der Waals surface area contributed by atoms with E-state index in [-0.39, 0.29) is 11.2 Å². The number of anilines is 1. The SMILES string of the molecule is COc1ccc(NC(=O)C(C)Sc2nnc(-c3ccco3)n2C)cc1Cl. The molecule has 0 saturated heterocycles. The molecule has 7 nitrogen and oxygen atoms in total. The lowest BCUT2D eigenvalue weighted by molar-refractivity contribution is -0.115. The lowest BCUT2D eigenvalue weighted by Gasteiger charge is -2.12. The zero-order valence-electron chi connectivity index (χ0n) is 14.4. The summed E-state index contributed by atoms with van der Waals surface area (Å²) in [6.07, 6.45) is 1.58. The van der Waals surface area contributed by atoms with Crippen LogP contribution >= 0.6 is 23.4 Å². The van der Waals surface area contributed by atoms with Crippen LogP contribution in [0.3, 0.4) is 0 Å². The van der Waals surface area contributed by atoms with E-state index in [2.05, 4.69) is 15.5 Å². The fourth-order valence-electron chi connectivity index (χ4n) is 2.24. The first-order chi connectivity index (χ1) is 12.5. The lowest BCUT2D eigenvalue weighted by atomic mass is 10.3. The van der Waals surface area contributed by atoms with Crippen LogP contribution in [0.4, 0.5) is 5.69 Å². The van der Waals surface area contributed by atoms with Gasteiger partial charge in [0.25, 0.3) is 0 Å². The Balaban J connectivity index is 1.67. The zero-order chi connectivity index (χ0) is 18.7. The average molecular weight is 393 g/mol. The summed E-state index contributed by atoms with van der Waals surface area (Å²) in [5.41, 5.74) is 0.600. The van der Waals surface area contributed by atoms with Gasteiger partial charge in [0, 0.05) is 12.7 Å². The summed E-state index contributed by atoms with van der Waals surface area (Å²) in [5.74, 6) is 1.61. The van der Waals surface area contributed by atoms with Crippen LogP contribution in [0.15, 0.2) is 46.2 Å². The number of halogens is 1. The summed E-state index contributed by atoms with van der Waals surface area (Å²) in [5, 5.41) is 11.8. The van der Waals surface area contributed by atoms with Crippen molar-refractivity contribution in [3.63, 3.8) is 0 Å². The molecular weight excluding hydrogens is 376 g/mol. The molecule has 1 unspecified atom stereocenters. The van der Waals surface area contributed by atoms with Gasteiger partial charge in [0.2, 0.25) is 5.91 Å². The van der Waals surface area contributed by atoms with Crippen molar-refractivity contribution in [2.24, 2.45) is 7.05 Å². The summed E-state index contributed by atoms with van der Waals surface area (Å²) >= 11 is 7.39. The minimum Gasteiger partial charge on any atom is -0.495 e. The van der Waals surface area contributed by atoms with E-state index in [9.17, 15) is 4.79 Å². The van der Waals surface area contributed by atoms with Crippen LogP contribution in [0, 0.1) is 0 Å². The van der Waals surface area contributed by atoms with Crippen molar-refractivity contribution in [2.75, 3.05) is 12.4 Å². The van der Waals surface area contributed by atoms with Gasteiger partial charge in [0.1, 0.15) is 5.75 Å². The number of carbonyl (C=O) groups excluding carboxylic acids is 1. The van der Waals surface area contributed by atoms with E-state index >= 15 is 0 Å². The maximum Gasteiger partial charge on any atom is 0.237 e. The van der Waals surface area contributed by atoms with Crippen LogP contribution in [0.2, 0.25) is 5.02 Å². The second-order valence-corrected chi connectivity index (χ2v) is 7.16. The number of hydrogen-bond donors (Lipinski definition) is 1. The monoisotopic (exact) mass is 392 g/mol. The van der Waals surface area contributed by atoms with Crippen LogP contribution < -0.4 is 10.1 Å². The molecule has 9 heteroatoms. The molecule has 0 aliphatic heterocycles. The van der Waals surface area contributed by atoms with Crippen molar-refractivity contribution >= 4 is 35.0 Å². The van der Waals surface area contributed by atoms with Gasteiger partial charge in [0.15, 0.2) is 16.7 Å². The smallest absolute Gasteiger partial charge is 0.237 e. The van der Waals surface area contributed by atoms with Crippen molar-refractivity contribution in [1.29, 1.82) is 0 Å². The highest BCUT2D eigenvalue weighted by Crippen LogP contribution is 2.29. The van der Waals surface area contributed by atoms with E-state index < -0.39 is 0 Å². The highest BCUT2D eigenvalue weighted by Gasteiger charge is 2.20. The predicted molar refractivity (Wildman–Crippen MR) is 101 cm³/mol. The van der Waals surface area contributed by atoms with Gasteiger partial charge < -0.3 is 19.0 Å². The van der Waals surface area contributed by atoms with Gasteiger partial charge in [-0.25, -0.2) is 0 Å². The molecule has 26 heavy (non-hydrogen) atoms. The number of furan rings is 1. The Morgan fingerprint density at radius 2 is 2.19 bits per heavy atom. The molecule has 0 bridgehead atoms. The fourth-order valence-corrected chi connectivity index (χ4v) is 3.31. The summed E-state index contributed by atoms with van der Waals surface area (Å²) in [6.45, 7) is 1.80. The molecule has 2 aromatic heterocycles. The molecule has 2 heterocycles. The number of methoxy groups -OCH3 is 1. The summed E-state index contributed by atoms with van der Waals surface area (Å²) < 4.78 is 12.2. The Kier molecular flexibility index (Phi) is 5.53. The number of nitrogens with zero attached hydrogens (tertiary/aromatic N) is 3. The standard InChI is InChI=1S/C17H17ClN4O3S/c1-10(16(23)19-11-6-7-13(24-3)12(18)9-11)26-17-21-20-15(22(17)2)14-5-4-8-25-14/h4-10H,1-3H3,(H,19,23). The molecule has 0 radical (unpaired) electrons. The van der Waals surface area contributed by atoms with E-state index in [1.54, 1.807) is 42.0 Å².